The van der Waals surface area contributed by atoms with Crippen molar-refractivity contribution in [2.75, 3.05) is 0 Å². The van der Waals surface area contributed by atoms with E-state index in [1.165, 1.54) is 0 Å². The molecule has 0 bridgehead atoms. The molecule has 3 nitrogen and oxygen atoms in total. The highest BCUT2D eigenvalue weighted by Crippen LogP contribution is 2.55. The molecule has 0 aromatic heterocycles. The van der Waals surface area contributed by atoms with E-state index in [0.717, 1.165) is 32.1 Å². The number of carbonyl (C=O) groups excluding carboxylic acids is 2. The molecular weight excluding hydrogens is 204 g/mol. The molecule has 0 spiro atoms. The summed E-state index contributed by atoms with van der Waals surface area (Å²) in [6.45, 7) is 2.12. The summed E-state index contributed by atoms with van der Waals surface area (Å²) in [5.74, 6) is 1.30. The molecule has 0 aromatic carbocycles. The summed E-state index contributed by atoms with van der Waals surface area (Å²) in [5.41, 5.74) is -0.106. The minimum atomic E-state index is -0.106. The molecule has 1 heterocycles. The van der Waals surface area contributed by atoms with Crippen molar-refractivity contribution in [1.82, 2.24) is 0 Å². The van der Waals surface area contributed by atoms with Crippen LogP contribution in [0.4, 0.5) is 0 Å². The molecule has 3 rings (SSSR count). The van der Waals surface area contributed by atoms with Gasteiger partial charge in [-0.3, -0.25) is 9.59 Å². The topological polar surface area (TPSA) is 43.4 Å². The molecule has 0 N–H and O–H groups in total. The third-order valence-corrected chi connectivity index (χ3v) is 5.04. The maximum atomic E-state index is 12.0. The van der Waals surface area contributed by atoms with Gasteiger partial charge in [-0.05, 0) is 31.6 Å². The number of rotatable bonds is 0. The van der Waals surface area contributed by atoms with Gasteiger partial charge in [0.05, 0.1) is 0 Å². The van der Waals surface area contributed by atoms with E-state index in [0.29, 0.717) is 24.0 Å². The lowest BCUT2D eigenvalue weighted by molar-refractivity contribution is -0.168. The normalized spacial score (nSPS) is 47.2. The summed E-state index contributed by atoms with van der Waals surface area (Å²) in [7, 11) is 0. The lowest BCUT2D eigenvalue weighted by Crippen LogP contribution is -2.47. The first-order valence-electron chi connectivity index (χ1n) is 6.34. The van der Waals surface area contributed by atoms with Crippen LogP contribution in [0.3, 0.4) is 0 Å². The van der Waals surface area contributed by atoms with E-state index in [2.05, 4.69) is 6.92 Å². The Morgan fingerprint density at radius 2 is 2.00 bits per heavy atom. The summed E-state index contributed by atoms with van der Waals surface area (Å²) in [6, 6.07) is 0. The average Bonchev–Trinajstić information content (AvgIpc) is 2.56. The van der Waals surface area contributed by atoms with Crippen molar-refractivity contribution < 1.29 is 14.3 Å². The molecule has 3 fully saturated rings. The maximum Gasteiger partial charge on any atom is 0.306 e. The van der Waals surface area contributed by atoms with Crippen molar-refractivity contribution in [2.45, 2.75) is 51.6 Å². The standard InChI is InChI=1S/C13H18O3/c1-13-7-6-10-8(2-5-12(15)16-10)9(13)3-4-11(13)14/h8-10H,2-7H2,1H3/t8?,9-,10+,13?/m0/s1. The number of esters is 1. The van der Waals surface area contributed by atoms with Gasteiger partial charge in [0.25, 0.3) is 0 Å². The zero-order valence-electron chi connectivity index (χ0n) is 9.70. The molecular formula is C13H18O3. The van der Waals surface area contributed by atoms with Crippen molar-refractivity contribution in [2.24, 2.45) is 17.3 Å². The van der Waals surface area contributed by atoms with Gasteiger partial charge < -0.3 is 4.74 Å². The fourth-order valence-corrected chi connectivity index (χ4v) is 4.07. The molecule has 2 unspecified atom stereocenters. The number of carbonyl (C=O) groups is 2. The van der Waals surface area contributed by atoms with Gasteiger partial charge >= 0.3 is 5.97 Å². The maximum absolute atomic E-state index is 12.0. The summed E-state index contributed by atoms with van der Waals surface area (Å²) in [4.78, 5) is 23.2. The van der Waals surface area contributed by atoms with Crippen LogP contribution >= 0.6 is 0 Å². The zero-order chi connectivity index (χ0) is 11.3. The Balaban J connectivity index is 1.87. The Kier molecular flexibility index (Phi) is 2.13. The Bertz CT molecular complexity index is 349. The van der Waals surface area contributed by atoms with Gasteiger partial charge in [-0.15, -0.1) is 0 Å². The number of hydrogen-bond donors (Lipinski definition) is 0. The lowest BCUT2D eigenvalue weighted by atomic mass is 9.61. The molecule has 0 amide bonds. The molecule has 4 atom stereocenters. The smallest absolute Gasteiger partial charge is 0.306 e. The first-order chi connectivity index (χ1) is 7.61. The van der Waals surface area contributed by atoms with Gasteiger partial charge in [0, 0.05) is 24.2 Å². The second-order valence-corrected chi connectivity index (χ2v) is 5.76. The third-order valence-electron chi connectivity index (χ3n) is 5.04. The molecule has 16 heavy (non-hydrogen) atoms. The van der Waals surface area contributed by atoms with Gasteiger partial charge in [-0.25, -0.2) is 0 Å². The van der Waals surface area contributed by atoms with Crippen molar-refractivity contribution >= 4 is 11.8 Å². The molecule has 0 radical (unpaired) electrons. The third kappa shape index (κ3) is 1.26. The minimum Gasteiger partial charge on any atom is -0.462 e. The number of ketones is 1. The van der Waals surface area contributed by atoms with Crippen LogP contribution in [0.2, 0.25) is 0 Å². The summed E-state index contributed by atoms with van der Waals surface area (Å²) in [6.07, 6.45) is 5.11. The second kappa shape index (κ2) is 3.31. The Morgan fingerprint density at radius 1 is 1.19 bits per heavy atom. The zero-order valence-corrected chi connectivity index (χ0v) is 9.70. The quantitative estimate of drug-likeness (QED) is 0.589. The van der Waals surface area contributed by atoms with Gasteiger partial charge in [0.2, 0.25) is 0 Å². The highest BCUT2D eigenvalue weighted by molar-refractivity contribution is 5.87. The van der Waals surface area contributed by atoms with E-state index >= 15 is 0 Å². The van der Waals surface area contributed by atoms with Crippen LogP contribution in [-0.4, -0.2) is 17.9 Å². The van der Waals surface area contributed by atoms with E-state index < -0.39 is 0 Å². The largest absolute Gasteiger partial charge is 0.462 e. The predicted molar refractivity (Wildman–Crippen MR) is 57.7 cm³/mol. The van der Waals surface area contributed by atoms with Crippen LogP contribution in [0.25, 0.3) is 0 Å². The van der Waals surface area contributed by atoms with Gasteiger partial charge in [-0.2, -0.15) is 0 Å². The van der Waals surface area contributed by atoms with Crippen LogP contribution < -0.4 is 0 Å². The highest BCUT2D eigenvalue weighted by atomic mass is 16.5. The fourth-order valence-electron chi connectivity index (χ4n) is 4.07. The fraction of sp³-hybridized carbons (Fsp3) is 0.846. The van der Waals surface area contributed by atoms with Gasteiger partial charge in [-0.1, -0.05) is 6.92 Å². The average molecular weight is 222 g/mol. The van der Waals surface area contributed by atoms with Crippen molar-refractivity contribution in [3.63, 3.8) is 0 Å². The van der Waals surface area contributed by atoms with E-state index in [-0.39, 0.29) is 17.5 Å². The van der Waals surface area contributed by atoms with Crippen LogP contribution in [0.1, 0.15) is 45.4 Å². The van der Waals surface area contributed by atoms with Crippen LogP contribution in [-0.2, 0) is 14.3 Å². The first-order valence-corrected chi connectivity index (χ1v) is 6.34. The van der Waals surface area contributed by atoms with E-state index in [4.69, 9.17) is 4.74 Å². The SMILES string of the molecule is CC12CC[C@H]3OC(=O)CCC3[C@@H]1CCC2=O. The molecule has 0 aromatic rings. The van der Waals surface area contributed by atoms with E-state index in [1.807, 2.05) is 0 Å². The summed E-state index contributed by atoms with van der Waals surface area (Å²) < 4.78 is 5.43. The minimum absolute atomic E-state index is 0.0471. The second-order valence-electron chi connectivity index (χ2n) is 5.76. The van der Waals surface area contributed by atoms with Crippen molar-refractivity contribution in [3.05, 3.63) is 0 Å². The number of Topliss-reactive ketones (excluding diaryl/α,β-unsaturated/α-hetero) is 1. The molecule has 3 aliphatic rings. The van der Waals surface area contributed by atoms with Gasteiger partial charge in [0.15, 0.2) is 0 Å². The molecule has 3 heteroatoms. The van der Waals surface area contributed by atoms with Crippen LogP contribution in [0, 0.1) is 17.3 Å². The monoisotopic (exact) mass is 222 g/mol. The Labute approximate surface area is 95.5 Å². The molecule has 1 aliphatic heterocycles. The van der Waals surface area contributed by atoms with Gasteiger partial charge in [0.1, 0.15) is 11.9 Å². The molecule has 2 saturated carbocycles. The summed E-state index contributed by atoms with van der Waals surface area (Å²) in [5, 5.41) is 0. The van der Waals surface area contributed by atoms with E-state index in [1.54, 1.807) is 0 Å². The van der Waals surface area contributed by atoms with Crippen molar-refractivity contribution in [1.29, 1.82) is 0 Å². The van der Waals surface area contributed by atoms with Crippen LogP contribution in [0.15, 0.2) is 0 Å². The number of ether oxygens (including phenoxy) is 1. The molecule has 1 saturated heterocycles. The van der Waals surface area contributed by atoms with Crippen LogP contribution in [0.5, 0.6) is 0 Å². The Hall–Kier alpha value is -0.860. The number of hydrogen-bond acceptors (Lipinski definition) is 3. The Morgan fingerprint density at radius 3 is 2.81 bits per heavy atom. The van der Waals surface area contributed by atoms with Crippen molar-refractivity contribution in [3.8, 4) is 0 Å². The predicted octanol–water partition coefficient (Wildman–Crippen LogP) is 2.09. The van der Waals surface area contributed by atoms with E-state index in [9.17, 15) is 9.59 Å². The number of fused-ring (bicyclic) bond motifs is 3. The lowest BCUT2D eigenvalue weighted by Gasteiger charge is -2.46. The molecule has 88 valence electrons. The molecule has 2 aliphatic carbocycles. The highest BCUT2D eigenvalue weighted by Gasteiger charge is 2.55. The summed E-state index contributed by atoms with van der Waals surface area (Å²) >= 11 is 0. The first kappa shape index (κ1) is 10.3.